The third-order valence-corrected chi connectivity index (χ3v) is 4.16. The van der Waals surface area contributed by atoms with E-state index in [4.69, 9.17) is 9.47 Å². The van der Waals surface area contributed by atoms with Gasteiger partial charge in [0, 0.05) is 29.1 Å². The van der Waals surface area contributed by atoms with Crippen LogP contribution in [-0.2, 0) is 0 Å². The van der Waals surface area contributed by atoms with Gasteiger partial charge in [-0.3, -0.25) is 0 Å². The zero-order valence-electron chi connectivity index (χ0n) is 13.0. The summed E-state index contributed by atoms with van der Waals surface area (Å²) in [5, 5.41) is 3.21. The van der Waals surface area contributed by atoms with Gasteiger partial charge in [-0.25, -0.2) is 4.99 Å². The Morgan fingerprint density at radius 1 is 1.13 bits per heavy atom. The largest absolute Gasteiger partial charge is 0.493 e. The fourth-order valence-corrected chi connectivity index (χ4v) is 3.13. The molecule has 1 atom stereocenters. The van der Waals surface area contributed by atoms with Crippen molar-refractivity contribution in [3.8, 4) is 11.5 Å². The molecule has 0 saturated heterocycles. The number of benzene rings is 2. The molecule has 0 aromatic heterocycles. The fourth-order valence-electron chi connectivity index (χ4n) is 3.13. The lowest BCUT2D eigenvalue weighted by Gasteiger charge is -2.36. The molecule has 2 aromatic rings. The molecule has 1 unspecified atom stereocenters. The maximum Gasteiger partial charge on any atom is 0.168 e. The predicted molar refractivity (Wildman–Crippen MR) is 92.4 cm³/mol. The average molecular weight is 307 g/mol. The van der Waals surface area contributed by atoms with E-state index in [1.807, 2.05) is 36.5 Å². The highest BCUT2D eigenvalue weighted by molar-refractivity contribution is 5.88. The number of nitrogens with zero attached hydrogens (tertiary/aromatic N) is 2. The first-order valence-corrected chi connectivity index (χ1v) is 7.42. The van der Waals surface area contributed by atoms with Crippen molar-refractivity contribution in [3.63, 3.8) is 0 Å². The van der Waals surface area contributed by atoms with Crippen molar-refractivity contribution in [1.82, 2.24) is 0 Å². The Morgan fingerprint density at radius 3 is 2.70 bits per heavy atom. The maximum absolute atomic E-state index is 5.57. The Morgan fingerprint density at radius 2 is 1.96 bits per heavy atom. The lowest BCUT2D eigenvalue weighted by Crippen LogP contribution is -2.29. The number of methoxy groups -OCH3 is 2. The van der Waals surface area contributed by atoms with Crippen LogP contribution in [0.4, 0.5) is 11.4 Å². The Labute approximate surface area is 134 Å². The smallest absolute Gasteiger partial charge is 0.168 e. The standard InChI is InChI=1S/C18H17N3O2/c1-22-15-10-14-16-13(17(15)23-2)8-9-21(18(16)20-11-19-14)12-6-4-3-5-7-12/h3-11,18H,1-2H3,(H,19,20). The van der Waals surface area contributed by atoms with Gasteiger partial charge in [-0.1, -0.05) is 18.2 Å². The van der Waals surface area contributed by atoms with E-state index >= 15 is 0 Å². The van der Waals surface area contributed by atoms with Gasteiger partial charge in [0.1, 0.15) is 0 Å². The first kappa shape index (κ1) is 13.7. The summed E-state index contributed by atoms with van der Waals surface area (Å²) in [7, 11) is 3.31. The predicted octanol–water partition coefficient (Wildman–Crippen LogP) is 3.65. The van der Waals surface area contributed by atoms with E-state index in [-0.39, 0.29) is 6.17 Å². The van der Waals surface area contributed by atoms with Gasteiger partial charge in [0.05, 0.1) is 26.2 Å². The van der Waals surface area contributed by atoms with Crippen LogP contribution in [0.2, 0.25) is 0 Å². The Balaban J connectivity index is 1.91. The molecule has 116 valence electrons. The first-order valence-electron chi connectivity index (χ1n) is 7.42. The molecule has 1 N–H and O–H groups in total. The summed E-state index contributed by atoms with van der Waals surface area (Å²) in [6.07, 6.45) is 5.70. The second kappa shape index (κ2) is 5.35. The molecule has 5 heteroatoms. The third-order valence-electron chi connectivity index (χ3n) is 4.16. The Bertz CT molecular complexity index is 800. The average Bonchev–Trinajstić information content (AvgIpc) is 2.62. The van der Waals surface area contributed by atoms with E-state index in [1.54, 1.807) is 20.6 Å². The van der Waals surface area contributed by atoms with Gasteiger partial charge in [0.25, 0.3) is 0 Å². The van der Waals surface area contributed by atoms with Crippen LogP contribution in [0.5, 0.6) is 11.5 Å². The molecule has 2 aliphatic heterocycles. The number of anilines is 2. The Hall–Kier alpha value is -2.95. The second-order valence-corrected chi connectivity index (χ2v) is 5.34. The summed E-state index contributed by atoms with van der Waals surface area (Å²) in [5.74, 6) is 1.44. The van der Waals surface area contributed by atoms with E-state index < -0.39 is 0 Å². The van der Waals surface area contributed by atoms with Crippen molar-refractivity contribution < 1.29 is 9.47 Å². The van der Waals surface area contributed by atoms with Crippen LogP contribution >= 0.6 is 0 Å². The topological polar surface area (TPSA) is 46.1 Å². The molecule has 4 rings (SSSR count). The minimum absolute atomic E-state index is 0.117. The Kier molecular flexibility index (Phi) is 3.19. The molecule has 0 bridgehead atoms. The number of nitrogens with one attached hydrogen (secondary N) is 1. The van der Waals surface area contributed by atoms with Crippen molar-refractivity contribution in [2.24, 2.45) is 4.99 Å². The summed E-state index contributed by atoms with van der Waals surface area (Å²) < 4.78 is 11.0. The van der Waals surface area contributed by atoms with Crippen molar-refractivity contribution in [3.05, 3.63) is 53.7 Å². The van der Waals surface area contributed by atoms with Crippen LogP contribution in [0.25, 0.3) is 6.08 Å². The van der Waals surface area contributed by atoms with Crippen LogP contribution in [-0.4, -0.2) is 20.6 Å². The van der Waals surface area contributed by atoms with Gasteiger partial charge in [0.2, 0.25) is 0 Å². The van der Waals surface area contributed by atoms with Crippen LogP contribution in [0, 0.1) is 0 Å². The molecule has 0 spiro atoms. The number of para-hydroxylation sites is 1. The van der Waals surface area contributed by atoms with Gasteiger partial charge in [-0.05, 0) is 18.2 Å². The van der Waals surface area contributed by atoms with Gasteiger partial charge < -0.3 is 19.7 Å². The van der Waals surface area contributed by atoms with Crippen molar-refractivity contribution in [1.29, 1.82) is 0 Å². The molecule has 5 nitrogen and oxygen atoms in total. The summed E-state index contributed by atoms with van der Waals surface area (Å²) in [6.45, 7) is 0. The van der Waals surface area contributed by atoms with E-state index in [9.17, 15) is 0 Å². The molecule has 23 heavy (non-hydrogen) atoms. The first-order chi connectivity index (χ1) is 11.3. The zero-order chi connectivity index (χ0) is 15.8. The highest BCUT2D eigenvalue weighted by Gasteiger charge is 2.32. The van der Waals surface area contributed by atoms with Gasteiger partial charge >= 0.3 is 0 Å². The highest BCUT2D eigenvalue weighted by atomic mass is 16.5. The molecule has 0 saturated carbocycles. The molecular weight excluding hydrogens is 290 g/mol. The lowest BCUT2D eigenvalue weighted by molar-refractivity contribution is 0.353. The maximum atomic E-state index is 5.57. The van der Waals surface area contributed by atoms with Crippen molar-refractivity contribution in [2.75, 3.05) is 24.4 Å². The molecule has 0 fully saturated rings. The van der Waals surface area contributed by atoms with Gasteiger partial charge in [0.15, 0.2) is 17.7 Å². The molecule has 2 aliphatic rings. The molecule has 2 aromatic carbocycles. The number of rotatable bonds is 3. The SMILES string of the molecule is COc1cc2c3c(c1OC)C=CN(c1ccccc1)C3N=CN2. The molecule has 2 heterocycles. The number of hydrogen-bond donors (Lipinski definition) is 1. The number of aliphatic imine (C=N–C) groups is 1. The van der Waals surface area contributed by atoms with E-state index in [1.165, 1.54) is 0 Å². The van der Waals surface area contributed by atoms with Crippen LogP contribution in [0.15, 0.2) is 47.6 Å². The highest BCUT2D eigenvalue weighted by Crippen LogP contribution is 2.47. The van der Waals surface area contributed by atoms with E-state index in [2.05, 4.69) is 27.3 Å². The summed E-state index contributed by atoms with van der Waals surface area (Å²) >= 11 is 0. The second-order valence-electron chi connectivity index (χ2n) is 5.34. The summed E-state index contributed by atoms with van der Waals surface area (Å²) in [4.78, 5) is 6.78. The summed E-state index contributed by atoms with van der Waals surface area (Å²) in [5.41, 5.74) is 4.18. The number of ether oxygens (including phenoxy) is 2. The van der Waals surface area contributed by atoms with Crippen molar-refractivity contribution in [2.45, 2.75) is 6.17 Å². The monoisotopic (exact) mass is 307 g/mol. The lowest BCUT2D eigenvalue weighted by atomic mass is 9.96. The van der Waals surface area contributed by atoms with E-state index in [0.717, 1.165) is 28.3 Å². The minimum atomic E-state index is -0.117. The van der Waals surface area contributed by atoms with Crippen LogP contribution in [0.3, 0.4) is 0 Å². The number of hydrogen-bond acceptors (Lipinski definition) is 5. The third kappa shape index (κ3) is 2.04. The van der Waals surface area contributed by atoms with Gasteiger partial charge in [-0.2, -0.15) is 0 Å². The van der Waals surface area contributed by atoms with Crippen LogP contribution < -0.4 is 19.7 Å². The molecule has 0 aliphatic carbocycles. The summed E-state index contributed by atoms with van der Waals surface area (Å²) in [6, 6.07) is 12.2. The van der Waals surface area contributed by atoms with Crippen LogP contribution in [0.1, 0.15) is 17.3 Å². The fraction of sp³-hybridized carbons (Fsp3) is 0.167. The van der Waals surface area contributed by atoms with Gasteiger partial charge in [-0.15, -0.1) is 0 Å². The quantitative estimate of drug-likeness (QED) is 0.940. The molecular formula is C18H17N3O2. The molecule has 0 amide bonds. The normalized spacial score (nSPS) is 17.5. The minimum Gasteiger partial charge on any atom is -0.493 e. The molecule has 0 radical (unpaired) electrons. The van der Waals surface area contributed by atoms with E-state index in [0.29, 0.717) is 5.75 Å². The zero-order valence-corrected chi connectivity index (χ0v) is 13.0. The van der Waals surface area contributed by atoms with Crippen molar-refractivity contribution >= 4 is 23.8 Å².